The van der Waals surface area contributed by atoms with Gasteiger partial charge in [-0.1, -0.05) is 36.4 Å². The average Bonchev–Trinajstić information content (AvgIpc) is 2.86. The molecule has 0 bridgehead atoms. The van der Waals surface area contributed by atoms with Gasteiger partial charge in [-0.2, -0.15) is 0 Å². The number of hydrogen-bond acceptors (Lipinski definition) is 8. The number of fused-ring (bicyclic) bond motifs is 3. The molecule has 2 heterocycles. The quantitative estimate of drug-likeness (QED) is 0.263. The molecule has 4 aromatic rings. The van der Waals surface area contributed by atoms with E-state index in [1.54, 1.807) is 42.5 Å². The fraction of sp³-hybridized carbons (Fsp3) is 0.154. The molecular formula is C26H20O8. The summed E-state index contributed by atoms with van der Waals surface area (Å²) in [5, 5.41) is 21.1. The van der Waals surface area contributed by atoms with Crippen LogP contribution in [0.15, 0.2) is 63.8 Å². The first-order valence-corrected chi connectivity index (χ1v) is 10.5. The maximum Gasteiger partial charge on any atom is 0.312 e. The Morgan fingerprint density at radius 1 is 0.941 bits per heavy atom. The van der Waals surface area contributed by atoms with E-state index in [-0.39, 0.29) is 34.5 Å². The molecule has 0 saturated carbocycles. The molecule has 8 nitrogen and oxygen atoms in total. The van der Waals surface area contributed by atoms with Gasteiger partial charge in [0.25, 0.3) is 0 Å². The van der Waals surface area contributed by atoms with Gasteiger partial charge in [0.15, 0.2) is 16.9 Å². The summed E-state index contributed by atoms with van der Waals surface area (Å²) in [7, 11) is 3.01. The van der Waals surface area contributed by atoms with Crippen LogP contribution in [0.2, 0.25) is 0 Å². The third-order valence-corrected chi connectivity index (χ3v) is 5.92. The zero-order valence-electron chi connectivity index (χ0n) is 18.3. The van der Waals surface area contributed by atoms with E-state index in [1.165, 1.54) is 20.3 Å². The van der Waals surface area contributed by atoms with Gasteiger partial charge in [0.1, 0.15) is 28.2 Å². The smallest absolute Gasteiger partial charge is 0.312 e. The Morgan fingerprint density at radius 2 is 1.71 bits per heavy atom. The lowest BCUT2D eigenvalue weighted by atomic mass is 9.84. The summed E-state index contributed by atoms with van der Waals surface area (Å²) in [4.78, 5) is 25.6. The van der Waals surface area contributed by atoms with Crippen molar-refractivity contribution in [3.63, 3.8) is 0 Å². The zero-order valence-corrected chi connectivity index (χ0v) is 18.3. The van der Waals surface area contributed by atoms with E-state index < -0.39 is 28.8 Å². The number of carbonyl (C=O) groups excluding carboxylic acids is 1. The molecule has 5 rings (SSSR count). The van der Waals surface area contributed by atoms with E-state index in [2.05, 4.69) is 0 Å². The minimum Gasteiger partial charge on any atom is -0.504 e. The number of methoxy groups -OCH3 is 2. The van der Waals surface area contributed by atoms with Crippen LogP contribution in [0.1, 0.15) is 23.5 Å². The normalized spacial score (nSPS) is 15.0. The molecule has 8 heteroatoms. The standard InChI is InChI=1S/C26H20O8/c1-31-14-8-9-15(19(10-14)32-2)16-11-20(28)34-26-21(16)25-22(23(29)24(26)30)17(27)12-18(33-25)13-6-4-3-5-7-13/h3-10,12,16,29-30H,11H2,1-2H3. The van der Waals surface area contributed by atoms with Gasteiger partial charge < -0.3 is 28.8 Å². The average molecular weight is 460 g/mol. The fourth-order valence-electron chi connectivity index (χ4n) is 4.32. The molecule has 1 unspecified atom stereocenters. The molecule has 34 heavy (non-hydrogen) atoms. The van der Waals surface area contributed by atoms with Crippen LogP contribution in [0.5, 0.6) is 28.7 Å². The van der Waals surface area contributed by atoms with Gasteiger partial charge >= 0.3 is 5.97 Å². The van der Waals surface area contributed by atoms with Crippen LogP contribution in [0.25, 0.3) is 22.3 Å². The van der Waals surface area contributed by atoms with Gasteiger partial charge in [-0.15, -0.1) is 0 Å². The van der Waals surface area contributed by atoms with Gasteiger partial charge in [-0.05, 0) is 6.07 Å². The molecule has 0 aliphatic carbocycles. The summed E-state index contributed by atoms with van der Waals surface area (Å²) in [5.74, 6) is -1.72. The molecule has 0 amide bonds. The summed E-state index contributed by atoms with van der Waals surface area (Å²) < 4.78 is 22.3. The van der Waals surface area contributed by atoms with Crippen molar-refractivity contribution in [2.45, 2.75) is 12.3 Å². The highest BCUT2D eigenvalue weighted by atomic mass is 16.5. The predicted molar refractivity (Wildman–Crippen MR) is 123 cm³/mol. The maximum atomic E-state index is 13.1. The number of ether oxygens (including phenoxy) is 3. The van der Waals surface area contributed by atoms with Crippen LogP contribution < -0.4 is 19.6 Å². The second-order valence-electron chi connectivity index (χ2n) is 7.82. The monoisotopic (exact) mass is 460 g/mol. The van der Waals surface area contributed by atoms with Gasteiger partial charge in [0, 0.05) is 29.2 Å². The predicted octanol–water partition coefficient (Wildman–Crippen LogP) is 4.33. The topological polar surface area (TPSA) is 115 Å². The van der Waals surface area contributed by atoms with E-state index in [0.717, 1.165) is 0 Å². The Hall–Kier alpha value is -4.46. The van der Waals surface area contributed by atoms with Crippen LogP contribution in [0.4, 0.5) is 0 Å². The van der Waals surface area contributed by atoms with Crippen LogP contribution in [-0.2, 0) is 4.79 Å². The third kappa shape index (κ3) is 3.31. The maximum absolute atomic E-state index is 13.1. The number of rotatable bonds is 4. The van der Waals surface area contributed by atoms with Crippen LogP contribution in [0, 0.1) is 0 Å². The highest BCUT2D eigenvalue weighted by Crippen LogP contribution is 2.53. The summed E-state index contributed by atoms with van der Waals surface area (Å²) in [5.41, 5.74) is 0.984. The van der Waals surface area contributed by atoms with Crippen molar-refractivity contribution in [2.75, 3.05) is 14.2 Å². The van der Waals surface area contributed by atoms with Crippen LogP contribution in [0.3, 0.4) is 0 Å². The molecule has 0 spiro atoms. The fourth-order valence-corrected chi connectivity index (χ4v) is 4.32. The first-order chi connectivity index (χ1) is 16.4. The lowest BCUT2D eigenvalue weighted by Crippen LogP contribution is -2.22. The molecule has 0 saturated heterocycles. The molecule has 0 radical (unpaired) electrons. The molecule has 1 aromatic heterocycles. The number of esters is 1. The van der Waals surface area contributed by atoms with Gasteiger partial charge in [-0.25, -0.2) is 0 Å². The Kier molecular flexibility index (Phi) is 5.13. The number of benzene rings is 3. The second-order valence-corrected chi connectivity index (χ2v) is 7.82. The molecular weight excluding hydrogens is 440 g/mol. The lowest BCUT2D eigenvalue weighted by Gasteiger charge is -2.27. The Bertz CT molecular complexity index is 1490. The van der Waals surface area contributed by atoms with E-state index in [4.69, 9.17) is 18.6 Å². The molecule has 172 valence electrons. The van der Waals surface area contributed by atoms with Crippen molar-refractivity contribution in [3.05, 3.63) is 75.9 Å². The van der Waals surface area contributed by atoms with E-state index in [0.29, 0.717) is 22.6 Å². The van der Waals surface area contributed by atoms with Crippen molar-refractivity contribution < 1.29 is 33.6 Å². The van der Waals surface area contributed by atoms with Crippen molar-refractivity contribution in [1.82, 2.24) is 0 Å². The highest BCUT2D eigenvalue weighted by Gasteiger charge is 2.38. The van der Waals surface area contributed by atoms with Crippen LogP contribution in [-0.4, -0.2) is 30.4 Å². The van der Waals surface area contributed by atoms with Crippen molar-refractivity contribution in [3.8, 4) is 40.1 Å². The molecule has 2 N–H and O–H groups in total. The molecule has 3 aromatic carbocycles. The summed E-state index contributed by atoms with van der Waals surface area (Å²) in [6, 6.07) is 15.4. The molecule has 1 aliphatic rings. The molecule has 1 atom stereocenters. The Morgan fingerprint density at radius 3 is 2.41 bits per heavy atom. The number of hydrogen-bond donors (Lipinski definition) is 2. The number of phenols is 2. The summed E-state index contributed by atoms with van der Waals surface area (Å²) in [6.07, 6.45) is -0.103. The summed E-state index contributed by atoms with van der Waals surface area (Å²) in [6.45, 7) is 0. The molecule has 0 fully saturated rings. The second kappa shape index (κ2) is 8.15. The van der Waals surface area contributed by atoms with Gasteiger partial charge in [0.05, 0.1) is 26.2 Å². The highest BCUT2D eigenvalue weighted by molar-refractivity contribution is 5.96. The Balaban J connectivity index is 1.86. The SMILES string of the molecule is COc1ccc(C2CC(=O)Oc3c(O)c(O)c4c(=O)cc(-c5ccccc5)oc4c32)c(OC)c1. The first kappa shape index (κ1) is 21.4. The van der Waals surface area contributed by atoms with Gasteiger partial charge in [-0.3, -0.25) is 9.59 Å². The number of carbonyl (C=O) groups is 1. The zero-order chi connectivity index (χ0) is 24.0. The van der Waals surface area contributed by atoms with Crippen LogP contribution >= 0.6 is 0 Å². The van der Waals surface area contributed by atoms with Crippen molar-refractivity contribution in [2.24, 2.45) is 0 Å². The largest absolute Gasteiger partial charge is 0.504 e. The summed E-state index contributed by atoms with van der Waals surface area (Å²) >= 11 is 0. The minimum absolute atomic E-state index is 0.0204. The van der Waals surface area contributed by atoms with E-state index in [1.807, 2.05) is 6.07 Å². The van der Waals surface area contributed by atoms with Crippen molar-refractivity contribution >= 4 is 16.9 Å². The van der Waals surface area contributed by atoms with Gasteiger partial charge in [0.2, 0.25) is 5.75 Å². The Labute approximate surface area is 193 Å². The minimum atomic E-state index is -0.711. The lowest BCUT2D eigenvalue weighted by molar-refractivity contribution is -0.135. The number of phenolic OH excluding ortho intramolecular Hbond substituents is 2. The van der Waals surface area contributed by atoms with E-state index in [9.17, 15) is 19.8 Å². The number of aromatic hydroxyl groups is 2. The van der Waals surface area contributed by atoms with Crippen molar-refractivity contribution in [1.29, 1.82) is 0 Å². The molecule has 1 aliphatic heterocycles. The first-order valence-electron chi connectivity index (χ1n) is 10.5. The third-order valence-electron chi connectivity index (χ3n) is 5.92. The van der Waals surface area contributed by atoms with E-state index >= 15 is 0 Å².